The largest absolute Gasteiger partial charge is 0.480 e. The Kier molecular flexibility index (Phi) is 7.30. The first-order valence-corrected chi connectivity index (χ1v) is 15.3. The number of hydrogen-bond acceptors (Lipinski definition) is 7. The molecule has 6 rings (SSSR count). The van der Waals surface area contributed by atoms with Crippen molar-refractivity contribution in [1.29, 1.82) is 0 Å². The van der Waals surface area contributed by atoms with E-state index >= 15 is 0 Å². The van der Waals surface area contributed by atoms with Crippen LogP contribution in [0.4, 0.5) is 24.5 Å². The molecule has 1 saturated carbocycles. The van der Waals surface area contributed by atoms with Crippen molar-refractivity contribution in [3.63, 3.8) is 0 Å². The van der Waals surface area contributed by atoms with Crippen molar-refractivity contribution in [2.75, 3.05) is 11.4 Å². The molecule has 0 spiro atoms. The average Bonchev–Trinajstić information content (AvgIpc) is 3.67. The Morgan fingerprint density at radius 2 is 1.88 bits per heavy atom. The molecule has 1 aliphatic carbocycles. The van der Waals surface area contributed by atoms with Crippen LogP contribution in [0.1, 0.15) is 48.8 Å². The predicted octanol–water partition coefficient (Wildman–Crippen LogP) is 4.62. The van der Waals surface area contributed by atoms with Crippen LogP contribution in [0.3, 0.4) is 0 Å². The Balaban J connectivity index is 1.43. The molecule has 0 bridgehead atoms. The molecule has 2 fully saturated rings. The van der Waals surface area contributed by atoms with E-state index in [1.807, 2.05) is 18.2 Å². The Labute approximate surface area is 251 Å². The van der Waals surface area contributed by atoms with Crippen LogP contribution in [0.5, 0.6) is 0 Å². The van der Waals surface area contributed by atoms with Crippen LogP contribution in [0, 0.1) is 0 Å². The monoisotopic (exact) mass is 631 g/mol. The lowest BCUT2D eigenvalue weighted by Crippen LogP contribution is -2.35. The number of anilines is 2. The van der Waals surface area contributed by atoms with Crippen LogP contribution in [-0.4, -0.2) is 43.4 Å². The minimum absolute atomic E-state index is 0.125. The van der Waals surface area contributed by atoms with Crippen LogP contribution in [0.15, 0.2) is 47.3 Å². The van der Waals surface area contributed by atoms with Crippen LogP contribution in [-0.2, 0) is 22.3 Å². The Hall–Kier alpha value is -3.42. The van der Waals surface area contributed by atoms with Crippen molar-refractivity contribution in [3.05, 3.63) is 78.7 Å². The second-order valence-electron chi connectivity index (χ2n) is 10.3. The number of thiocarbonyl (C=S) groups is 1. The van der Waals surface area contributed by atoms with Gasteiger partial charge in [0.15, 0.2) is 0 Å². The van der Waals surface area contributed by atoms with Crippen molar-refractivity contribution in [2.24, 2.45) is 0 Å². The van der Waals surface area contributed by atoms with Crippen LogP contribution in [0.25, 0.3) is 11.0 Å². The third kappa shape index (κ3) is 4.86. The van der Waals surface area contributed by atoms with E-state index in [-0.39, 0.29) is 32.0 Å². The number of aromatic nitrogens is 1. The van der Waals surface area contributed by atoms with E-state index in [0.29, 0.717) is 16.6 Å². The minimum Gasteiger partial charge on any atom is -0.480 e. The number of thiazole rings is 1. The molecule has 42 heavy (non-hydrogen) atoms. The van der Waals surface area contributed by atoms with Crippen molar-refractivity contribution in [1.82, 2.24) is 9.47 Å². The molecule has 218 valence electrons. The summed E-state index contributed by atoms with van der Waals surface area (Å²) in [5.74, 6) is -1.36. The molecule has 2 unspecified atom stereocenters. The molecule has 1 N–H and O–H groups in total. The molecule has 2 aliphatic heterocycles. The van der Waals surface area contributed by atoms with Gasteiger partial charge in [-0.25, -0.2) is 0 Å². The van der Waals surface area contributed by atoms with Crippen LogP contribution in [0.2, 0.25) is 0 Å². The number of benzene rings is 2. The number of carbonyl (C=O) groups excluding carboxylic acids is 1. The summed E-state index contributed by atoms with van der Waals surface area (Å²) in [7, 11) is 0. The number of amides is 1. The lowest BCUT2D eigenvalue weighted by Gasteiger charge is -2.27. The Morgan fingerprint density at radius 1 is 1.14 bits per heavy atom. The Morgan fingerprint density at radius 3 is 2.52 bits per heavy atom. The predicted molar refractivity (Wildman–Crippen MR) is 160 cm³/mol. The third-order valence-corrected chi connectivity index (χ3v) is 10.5. The second-order valence-corrected chi connectivity index (χ2v) is 13.0. The number of rotatable bonds is 5. The molecular weight excluding hydrogens is 608 g/mol. The van der Waals surface area contributed by atoms with Crippen LogP contribution >= 0.6 is 35.3 Å². The number of alkyl halides is 3. The number of carbonyl (C=O) groups is 2. The quantitative estimate of drug-likeness (QED) is 0.412. The van der Waals surface area contributed by atoms with Gasteiger partial charge in [-0.3, -0.25) is 23.9 Å². The minimum atomic E-state index is -4.41. The molecule has 7 nitrogen and oxygen atoms in total. The number of carboxylic acid groups (broad SMARTS) is 1. The van der Waals surface area contributed by atoms with Gasteiger partial charge in [0.1, 0.15) is 20.4 Å². The number of carboxylic acids is 1. The topological polar surface area (TPSA) is 82.9 Å². The number of hydrogen-bond donors (Lipinski definition) is 1. The summed E-state index contributed by atoms with van der Waals surface area (Å²) in [6.07, 6.45) is 0.137. The fourth-order valence-electron chi connectivity index (χ4n) is 6.03. The van der Waals surface area contributed by atoms with Gasteiger partial charge in [-0.1, -0.05) is 36.5 Å². The summed E-state index contributed by atoms with van der Waals surface area (Å²) in [6, 6.07) is 11.1. The number of thioether (sulfide) groups is 1. The van der Waals surface area contributed by atoms with Gasteiger partial charge in [0, 0.05) is 29.9 Å². The van der Waals surface area contributed by atoms with E-state index in [9.17, 15) is 32.7 Å². The molecule has 3 heterocycles. The van der Waals surface area contributed by atoms with Gasteiger partial charge in [-0.05, 0) is 73.4 Å². The zero-order valence-electron chi connectivity index (χ0n) is 22.2. The van der Waals surface area contributed by atoms with Gasteiger partial charge in [-0.2, -0.15) is 13.2 Å². The summed E-state index contributed by atoms with van der Waals surface area (Å²) in [5, 5.41) is 9.48. The number of fused-ring (bicyclic) bond motifs is 3. The maximum Gasteiger partial charge on any atom is 0.416 e. The highest BCUT2D eigenvalue weighted by atomic mass is 32.2. The van der Waals surface area contributed by atoms with E-state index in [0.717, 1.165) is 75.9 Å². The molecule has 13 heteroatoms. The van der Waals surface area contributed by atoms with E-state index in [1.54, 1.807) is 13.0 Å². The van der Waals surface area contributed by atoms with E-state index in [4.69, 9.17) is 12.2 Å². The smallest absolute Gasteiger partial charge is 0.416 e. The lowest BCUT2D eigenvalue weighted by molar-refractivity contribution is -0.138. The molecule has 1 aromatic heterocycles. The number of nitrogens with zero attached hydrogens (tertiary/aromatic N) is 3. The van der Waals surface area contributed by atoms with Crippen molar-refractivity contribution in [3.8, 4) is 0 Å². The van der Waals surface area contributed by atoms with Crippen molar-refractivity contribution < 1.29 is 27.9 Å². The number of halogens is 3. The van der Waals surface area contributed by atoms with Gasteiger partial charge in [-0.15, -0.1) is 11.3 Å². The first-order chi connectivity index (χ1) is 20.0. The fourth-order valence-corrected chi connectivity index (χ4v) is 8.67. The second kappa shape index (κ2) is 10.7. The first kappa shape index (κ1) is 28.7. The molecule has 3 aromatic rings. The SMILES string of the molecule is CCN1C(=O)/C(=c2/s/c(=C/c3ccc4c(c3)C3CCCC3N4c3ccc(C(F)(F)F)cc3)c(=O)n2CC(=O)O)SC1=S. The highest BCUT2D eigenvalue weighted by molar-refractivity contribution is 8.30. The zero-order valence-corrected chi connectivity index (χ0v) is 24.6. The van der Waals surface area contributed by atoms with Gasteiger partial charge < -0.3 is 10.0 Å². The maximum absolute atomic E-state index is 13.4. The van der Waals surface area contributed by atoms with Gasteiger partial charge >= 0.3 is 12.1 Å². The van der Waals surface area contributed by atoms with E-state index in [2.05, 4.69) is 4.90 Å². The van der Waals surface area contributed by atoms with E-state index in [1.165, 1.54) is 17.0 Å². The molecule has 1 saturated heterocycles. The molecule has 3 aliphatic rings. The first-order valence-electron chi connectivity index (χ1n) is 13.3. The maximum atomic E-state index is 13.4. The van der Waals surface area contributed by atoms with Crippen molar-refractivity contribution >= 4 is 73.9 Å². The van der Waals surface area contributed by atoms with E-state index < -0.39 is 29.8 Å². The number of aliphatic carboxylic acids is 1. The van der Waals surface area contributed by atoms with Crippen LogP contribution < -0.4 is 19.7 Å². The summed E-state index contributed by atoms with van der Waals surface area (Å²) in [6.45, 7) is 1.56. The summed E-state index contributed by atoms with van der Waals surface area (Å²) < 4.78 is 41.5. The standard InChI is InChI=1S/C29H24F3N3O4S3/c1-2-33-26(39)24(42-28(33)40)27-34(14-23(36)37)25(38)22(41-27)13-15-6-11-21-19(12-15)18-4-3-5-20(18)35(21)17-9-7-16(8-10-17)29(30,31)32/h6-13,18,20H,2-5,14H2,1H3,(H,36,37)/b22-13+,27-24-. The molecule has 2 atom stereocenters. The van der Waals surface area contributed by atoms with Gasteiger partial charge in [0.25, 0.3) is 11.5 Å². The molecular formula is C29H24F3N3O4S3. The summed E-state index contributed by atoms with van der Waals surface area (Å²) in [5.41, 5.74) is 2.22. The summed E-state index contributed by atoms with van der Waals surface area (Å²) >= 11 is 7.42. The van der Waals surface area contributed by atoms with Gasteiger partial charge in [0.05, 0.1) is 10.1 Å². The third-order valence-electron chi connectivity index (χ3n) is 7.85. The van der Waals surface area contributed by atoms with Gasteiger partial charge in [0.2, 0.25) is 0 Å². The average molecular weight is 632 g/mol. The zero-order chi connectivity index (χ0) is 29.9. The highest BCUT2D eigenvalue weighted by Crippen LogP contribution is 2.52. The molecule has 1 amide bonds. The lowest BCUT2D eigenvalue weighted by atomic mass is 9.96. The molecule has 0 radical (unpaired) electrons. The molecule has 2 aromatic carbocycles. The highest BCUT2D eigenvalue weighted by Gasteiger charge is 2.42. The summed E-state index contributed by atoms with van der Waals surface area (Å²) in [4.78, 5) is 41.7. The normalized spacial score (nSPS) is 21.9. The van der Waals surface area contributed by atoms with Crippen molar-refractivity contribution in [2.45, 2.75) is 50.9 Å². The Bertz CT molecular complexity index is 1810. The fraction of sp³-hybridized carbons (Fsp3) is 0.310.